The minimum absolute atomic E-state index is 0.0163. The summed E-state index contributed by atoms with van der Waals surface area (Å²) in [6, 6.07) is 16.6. The lowest BCUT2D eigenvalue weighted by Gasteiger charge is -2.28. The molecule has 29 heavy (non-hydrogen) atoms. The average molecular weight is 391 g/mol. The van der Waals surface area contributed by atoms with E-state index in [0.717, 1.165) is 17.9 Å². The third-order valence-corrected chi connectivity index (χ3v) is 6.35. The zero-order chi connectivity index (χ0) is 20.6. The lowest BCUT2D eigenvalue weighted by molar-refractivity contribution is -0.118. The second kappa shape index (κ2) is 10.5. The molecular weight excluding hydrogens is 356 g/mol. The van der Waals surface area contributed by atoms with Crippen LogP contribution in [0.3, 0.4) is 0 Å². The molecule has 1 saturated carbocycles. The molecule has 0 heterocycles. The van der Waals surface area contributed by atoms with Crippen molar-refractivity contribution in [3.05, 3.63) is 59.7 Å². The summed E-state index contributed by atoms with van der Waals surface area (Å²) in [6.07, 6.45) is 9.36. The van der Waals surface area contributed by atoms with Crippen molar-refractivity contribution in [2.75, 3.05) is 0 Å². The van der Waals surface area contributed by atoms with Gasteiger partial charge in [0.1, 0.15) is 5.78 Å². The van der Waals surface area contributed by atoms with Gasteiger partial charge in [-0.05, 0) is 60.6 Å². The van der Waals surface area contributed by atoms with Gasteiger partial charge in [-0.25, -0.2) is 0 Å². The first-order valence-electron chi connectivity index (χ1n) is 11.4. The largest absolute Gasteiger partial charge is 0.299 e. The van der Waals surface area contributed by atoms with Crippen LogP contribution in [0.1, 0.15) is 93.5 Å². The van der Waals surface area contributed by atoms with Gasteiger partial charge in [0.2, 0.25) is 0 Å². The Bertz CT molecular complexity index is 793. The van der Waals surface area contributed by atoms with Crippen molar-refractivity contribution >= 4 is 11.6 Å². The third-order valence-electron chi connectivity index (χ3n) is 6.35. The molecule has 2 heteroatoms. The fourth-order valence-corrected chi connectivity index (χ4v) is 4.64. The van der Waals surface area contributed by atoms with Gasteiger partial charge < -0.3 is 0 Å². The van der Waals surface area contributed by atoms with Crippen LogP contribution in [0.25, 0.3) is 11.1 Å². The van der Waals surface area contributed by atoms with Crippen LogP contribution in [-0.2, 0) is 4.79 Å². The minimum Gasteiger partial charge on any atom is -0.299 e. The Balaban J connectivity index is 1.60. The van der Waals surface area contributed by atoms with Crippen molar-refractivity contribution in [1.82, 2.24) is 0 Å². The molecule has 0 atom stereocenters. The Morgan fingerprint density at radius 3 is 1.93 bits per heavy atom. The van der Waals surface area contributed by atoms with Crippen molar-refractivity contribution in [2.24, 2.45) is 5.92 Å². The van der Waals surface area contributed by atoms with Crippen LogP contribution in [0.15, 0.2) is 48.5 Å². The maximum Gasteiger partial charge on any atom is 0.170 e. The first-order valence-corrected chi connectivity index (χ1v) is 11.4. The normalized spacial score (nSPS) is 19.1. The quantitative estimate of drug-likeness (QED) is 0.331. The molecule has 0 aliphatic heterocycles. The molecule has 1 aliphatic carbocycles. The van der Waals surface area contributed by atoms with Crippen molar-refractivity contribution in [3.63, 3.8) is 0 Å². The van der Waals surface area contributed by atoms with Gasteiger partial charge in [0.25, 0.3) is 0 Å². The second-order valence-corrected chi connectivity index (χ2v) is 8.59. The maximum atomic E-state index is 12.2. The molecular formula is C27H34O2. The van der Waals surface area contributed by atoms with Crippen LogP contribution in [0, 0.1) is 5.92 Å². The van der Waals surface area contributed by atoms with Crippen molar-refractivity contribution in [3.8, 4) is 11.1 Å². The van der Waals surface area contributed by atoms with Crippen LogP contribution in [0.4, 0.5) is 0 Å². The molecule has 3 rings (SSSR count). The zero-order valence-corrected chi connectivity index (χ0v) is 18.0. The third kappa shape index (κ3) is 5.88. The number of hydrogen-bond acceptors (Lipinski definition) is 2. The second-order valence-electron chi connectivity index (χ2n) is 8.59. The Morgan fingerprint density at radius 2 is 1.38 bits per heavy atom. The summed E-state index contributed by atoms with van der Waals surface area (Å²) in [6.45, 7) is 4.25. The lowest BCUT2D eigenvalue weighted by atomic mass is 9.77. The van der Waals surface area contributed by atoms with Gasteiger partial charge in [-0.1, -0.05) is 75.2 Å². The zero-order valence-electron chi connectivity index (χ0n) is 18.0. The van der Waals surface area contributed by atoms with Gasteiger partial charge in [0, 0.05) is 12.0 Å². The molecule has 2 aromatic rings. The number of benzene rings is 2. The van der Waals surface area contributed by atoms with E-state index in [2.05, 4.69) is 31.2 Å². The molecule has 154 valence electrons. The van der Waals surface area contributed by atoms with E-state index in [-0.39, 0.29) is 18.0 Å². The van der Waals surface area contributed by atoms with Crippen LogP contribution in [0.5, 0.6) is 0 Å². The molecule has 0 spiro atoms. The minimum atomic E-state index is -0.0796. The van der Waals surface area contributed by atoms with Gasteiger partial charge in [0.05, 0.1) is 6.42 Å². The summed E-state index contributed by atoms with van der Waals surface area (Å²) >= 11 is 0. The van der Waals surface area contributed by atoms with E-state index in [4.69, 9.17) is 0 Å². The van der Waals surface area contributed by atoms with E-state index in [1.807, 2.05) is 31.2 Å². The molecule has 1 aliphatic rings. The van der Waals surface area contributed by atoms with E-state index in [9.17, 15) is 9.59 Å². The molecule has 0 aromatic heterocycles. The van der Waals surface area contributed by atoms with Gasteiger partial charge in [0.15, 0.2) is 5.78 Å². The molecule has 0 bridgehead atoms. The van der Waals surface area contributed by atoms with Crippen LogP contribution < -0.4 is 0 Å². The smallest absolute Gasteiger partial charge is 0.170 e. The van der Waals surface area contributed by atoms with Gasteiger partial charge in [-0.15, -0.1) is 0 Å². The van der Waals surface area contributed by atoms with Crippen LogP contribution in [-0.4, -0.2) is 11.6 Å². The summed E-state index contributed by atoms with van der Waals surface area (Å²) < 4.78 is 0. The van der Waals surface area contributed by atoms with E-state index < -0.39 is 0 Å². The lowest BCUT2D eigenvalue weighted by Crippen LogP contribution is -2.13. The Hall–Kier alpha value is -2.22. The maximum absolute atomic E-state index is 12.2. The molecule has 1 fully saturated rings. The Morgan fingerprint density at radius 1 is 0.793 bits per heavy atom. The SMILES string of the molecule is CCCC(=O)CC(=O)c1ccc(-c2ccc(C3CCC(CCC)CC3)cc2)cc1. The molecule has 2 aromatic carbocycles. The average Bonchev–Trinajstić information content (AvgIpc) is 2.75. The van der Waals surface area contributed by atoms with Crippen molar-refractivity contribution in [2.45, 2.75) is 77.6 Å². The van der Waals surface area contributed by atoms with E-state index in [1.54, 1.807) is 0 Å². The molecule has 0 saturated heterocycles. The molecule has 2 nitrogen and oxygen atoms in total. The number of hydrogen-bond donors (Lipinski definition) is 0. The highest BCUT2D eigenvalue weighted by Gasteiger charge is 2.21. The highest BCUT2D eigenvalue weighted by molar-refractivity contribution is 6.08. The summed E-state index contributed by atoms with van der Waals surface area (Å²) in [4.78, 5) is 23.9. The summed E-state index contributed by atoms with van der Waals surface area (Å²) in [5.41, 5.74) is 4.37. The predicted octanol–water partition coefficient (Wildman–Crippen LogP) is 7.37. The molecule has 0 radical (unpaired) electrons. The number of Topliss-reactive ketones (excluding diaryl/α,β-unsaturated/α-hetero) is 2. The Kier molecular flexibility index (Phi) is 7.80. The standard InChI is InChI=1S/C27H34O2/c1-3-5-20-7-9-21(10-8-20)22-11-13-23(14-12-22)24-15-17-25(18-16-24)27(29)19-26(28)6-4-2/h11-18,20-21H,3-10,19H2,1-2H3. The predicted molar refractivity (Wildman–Crippen MR) is 120 cm³/mol. The summed E-state index contributed by atoms with van der Waals surface area (Å²) in [7, 11) is 0. The van der Waals surface area contributed by atoms with E-state index in [0.29, 0.717) is 17.9 Å². The van der Waals surface area contributed by atoms with Gasteiger partial charge in [-0.3, -0.25) is 9.59 Å². The number of ketones is 2. The summed E-state index contributed by atoms with van der Waals surface area (Å²) in [5.74, 6) is 1.59. The number of carbonyl (C=O) groups excluding carboxylic acids is 2. The van der Waals surface area contributed by atoms with E-state index >= 15 is 0 Å². The van der Waals surface area contributed by atoms with Crippen molar-refractivity contribution < 1.29 is 9.59 Å². The first-order chi connectivity index (χ1) is 14.1. The van der Waals surface area contributed by atoms with Crippen LogP contribution in [0.2, 0.25) is 0 Å². The number of rotatable bonds is 9. The van der Waals surface area contributed by atoms with Crippen molar-refractivity contribution in [1.29, 1.82) is 0 Å². The fourth-order valence-electron chi connectivity index (χ4n) is 4.64. The topological polar surface area (TPSA) is 34.1 Å². The van der Waals surface area contributed by atoms with Crippen LogP contribution >= 0.6 is 0 Å². The van der Waals surface area contributed by atoms with Gasteiger partial charge >= 0.3 is 0 Å². The fraction of sp³-hybridized carbons (Fsp3) is 0.481. The monoisotopic (exact) mass is 390 g/mol. The first kappa shape index (κ1) is 21.5. The highest BCUT2D eigenvalue weighted by atomic mass is 16.1. The molecule has 0 unspecified atom stereocenters. The number of carbonyl (C=O) groups is 2. The Labute approximate surface area is 175 Å². The highest BCUT2D eigenvalue weighted by Crippen LogP contribution is 2.38. The summed E-state index contributed by atoms with van der Waals surface area (Å²) in [5, 5.41) is 0. The molecule has 0 amide bonds. The van der Waals surface area contributed by atoms with E-state index in [1.165, 1.54) is 49.7 Å². The van der Waals surface area contributed by atoms with Gasteiger partial charge in [-0.2, -0.15) is 0 Å². The molecule has 0 N–H and O–H groups in total.